The number of pyridine rings is 1. The van der Waals surface area contributed by atoms with Gasteiger partial charge in [-0.3, -0.25) is 9.78 Å². The highest BCUT2D eigenvalue weighted by atomic mass is 35.5. The lowest BCUT2D eigenvalue weighted by Crippen LogP contribution is -2.61. The monoisotopic (exact) mass is 798 g/mol. The number of piperazine rings is 1. The fourth-order valence-electron chi connectivity index (χ4n) is 7.57. The summed E-state index contributed by atoms with van der Waals surface area (Å²) in [6.45, 7) is 8.03. The van der Waals surface area contributed by atoms with E-state index in [0.717, 1.165) is 11.8 Å². The summed E-state index contributed by atoms with van der Waals surface area (Å²) < 4.78 is 62.1. The van der Waals surface area contributed by atoms with E-state index in [0.29, 0.717) is 42.4 Å². The van der Waals surface area contributed by atoms with E-state index in [1.54, 1.807) is 52.0 Å². The number of hydrogen-bond donors (Lipinski definition) is 0. The Morgan fingerprint density at radius 1 is 1.09 bits per heavy atom. The second-order valence-electron chi connectivity index (χ2n) is 15.0. The average molecular weight is 799 g/mol. The van der Waals surface area contributed by atoms with Crippen molar-refractivity contribution in [2.45, 2.75) is 94.3 Å². The maximum Gasteiger partial charge on any atom is 0.410 e. The SMILES string of the molecule is COc1ccc(S(=O)(=O)N2[C@@H](CCc3c(F)cncc3CC(=O)[C@@H](N=[N+]=[N-])[C@@H](c3ccc(Cl)cc3)C3CCOCC3)CN(C(=O)OC(C)(C)C)C[C@@H]2C)cc1. The maximum atomic E-state index is 15.8. The van der Waals surface area contributed by atoms with Crippen molar-refractivity contribution in [2.75, 3.05) is 33.4 Å². The van der Waals surface area contributed by atoms with E-state index >= 15 is 4.39 Å². The number of carbonyl (C=O) groups is 2. The van der Waals surface area contributed by atoms with Crippen LogP contribution in [0.4, 0.5) is 9.18 Å². The standard InChI is InChI=1S/C39H48ClFN6O7S/c1-25-23-46(38(49)54-39(2,3)4)24-30(47(25)55(50,51)32-13-11-31(52-5)12-14-32)10-15-33-28(21-43-22-34(33)41)20-35(48)37(44-45-42)36(27-16-18-53-19-17-27)26-6-8-29(40)9-7-26/h6-9,11-14,21-22,25,27,30,36-37H,10,15-20,23-24H2,1-5H3/t25-,30-,36-,37+/m0/s1. The Morgan fingerprint density at radius 2 is 1.76 bits per heavy atom. The highest BCUT2D eigenvalue weighted by Gasteiger charge is 2.43. The second-order valence-corrected chi connectivity index (χ2v) is 17.3. The van der Waals surface area contributed by atoms with Gasteiger partial charge < -0.3 is 19.1 Å². The van der Waals surface area contributed by atoms with Crippen LogP contribution in [0, 0.1) is 11.7 Å². The van der Waals surface area contributed by atoms with Crippen molar-refractivity contribution >= 4 is 33.5 Å². The molecule has 2 aromatic carbocycles. The van der Waals surface area contributed by atoms with E-state index < -0.39 is 57.4 Å². The molecule has 55 heavy (non-hydrogen) atoms. The number of hydrogen-bond acceptors (Lipinski definition) is 9. The van der Waals surface area contributed by atoms with E-state index in [1.165, 1.54) is 34.6 Å². The highest BCUT2D eigenvalue weighted by molar-refractivity contribution is 7.89. The molecule has 3 aromatic rings. The molecule has 2 fully saturated rings. The highest BCUT2D eigenvalue weighted by Crippen LogP contribution is 2.38. The zero-order chi connectivity index (χ0) is 39.9. The molecule has 1 amide bonds. The molecule has 2 aliphatic rings. The molecule has 296 valence electrons. The normalized spacial score (nSPS) is 19.6. The predicted molar refractivity (Wildman–Crippen MR) is 205 cm³/mol. The first kappa shape index (κ1) is 41.9. The van der Waals surface area contributed by atoms with Crippen LogP contribution >= 0.6 is 11.6 Å². The zero-order valence-electron chi connectivity index (χ0n) is 31.7. The summed E-state index contributed by atoms with van der Waals surface area (Å²) >= 11 is 6.19. The number of methoxy groups -OCH3 is 1. The molecule has 13 nitrogen and oxygen atoms in total. The summed E-state index contributed by atoms with van der Waals surface area (Å²) in [5, 5.41) is 4.54. The van der Waals surface area contributed by atoms with Gasteiger partial charge in [0, 0.05) is 66.9 Å². The van der Waals surface area contributed by atoms with Gasteiger partial charge in [0.2, 0.25) is 10.0 Å². The zero-order valence-corrected chi connectivity index (χ0v) is 33.3. The number of rotatable bonds is 13. The summed E-state index contributed by atoms with van der Waals surface area (Å²) in [6.07, 6.45) is 3.01. The molecule has 2 aliphatic heterocycles. The third kappa shape index (κ3) is 10.3. The summed E-state index contributed by atoms with van der Waals surface area (Å²) in [6, 6.07) is 10.6. The number of amides is 1. The topological polar surface area (TPSA) is 164 Å². The first-order valence-corrected chi connectivity index (χ1v) is 20.1. The molecule has 0 unspecified atom stereocenters. The maximum absolute atomic E-state index is 15.8. The van der Waals surface area contributed by atoms with E-state index in [-0.39, 0.29) is 48.7 Å². The van der Waals surface area contributed by atoms with Crippen LogP contribution in [-0.4, -0.2) is 91.6 Å². The van der Waals surface area contributed by atoms with Crippen LogP contribution in [0.5, 0.6) is 5.75 Å². The van der Waals surface area contributed by atoms with Crippen LogP contribution in [0.15, 0.2) is 70.9 Å². The number of halogens is 2. The minimum Gasteiger partial charge on any atom is -0.497 e. The summed E-state index contributed by atoms with van der Waals surface area (Å²) in [5.74, 6) is -1.10. The molecule has 0 saturated carbocycles. The number of Topliss-reactive ketones (excluding diaryl/α,β-unsaturated/α-hetero) is 1. The van der Waals surface area contributed by atoms with Crippen molar-refractivity contribution in [3.8, 4) is 5.75 Å². The molecule has 0 aliphatic carbocycles. The van der Waals surface area contributed by atoms with Gasteiger partial charge in [0.1, 0.15) is 29.0 Å². The molecule has 4 atom stereocenters. The number of ketones is 1. The van der Waals surface area contributed by atoms with Gasteiger partial charge in [0.25, 0.3) is 0 Å². The van der Waals surface area contributed by atoms with Crippen molar-refractivity contribution in [3.63, 3.8) is 0 Å². The summed E-state index contributed by atoms with van der Waals surface area (Å²) in [4.78, 5) is 36.1. The molecule has 0 spiro atoms. The van der Waals surface area contributed by atoms with Gasteiger partial charge in [-0.2, -0.15) is 4.31 Å². The molecule has 3 heterocycles. The van der Waals surface area contributed by atoms with Crippen LogP contribution in [0.2, 0.25) is 5.02 Å². The van der Waals surface area contributed by atoms with E-state index in [2.05, 4.69) is 15.0 Å². The van der Waals surface area contributed by atoms with Crippen molar-refractivity contribution in [2.24, 2.45) is 11.0 Å². The third-order valence-electron chi connectivity index (χ3n) is 10.1. The van der Waals surface area contributed by atoms with Crippen LogP contribution in [0.1, 0.15) is 69.6 Å². The fourth-order valence-corrected chi connectivity index (χ4v) is 9.52. The lowest BCUT2D eigenvalue weighted by Gasteiger charge is -2.44. The molecule has 16 heteroatoms. The smallest absolute Gasteiger partial charge is 0.410 e. The van der Waals surface area contributed by atoms with Crippen LogP contribution < -0.4 is 4.74 Å². The number of azide groups is 1. The van der Waals surface area contributed by atoms with Crippen molar-refractivity contribution < 1.29 is 36.6 Å². The third-order valence-corrected chi connectivity index (χ3v) is 12.4. The Hall–Kier alpha value is -4.27. The average Bonchev–Trinajstić information content (AvgIpc) is 3.14. The van der Waals surface area contributed by atoms with Crippen LogP contribution in [-0.2, 0) is 37.1 Å². The minimum atomic E-state index is -4.11. The fraction of sp³-hybridized carbons (Fsp3) is 0.513. The summed E-state index contributed by atoms with van der Waals surface area (Å²) in [5.41, 5.74) is 10.1. The first-order valence-electron chi connectivity index (χ1n) is 18.3. The quantitative estimate of drug-likeness (QED) is 0.0974. The van der Waals surface area contributed by atoms with Gasteiger partial charge in [-0.05, 0) is 118 Å². The van der Waals surface area contributed by atoms with E-state index in [9.17, 15) is 23.5 Å². The lowest BCUT2D eigenvalue weighted by molar-refractivity contribution is -0.120. The predicted octanol–water partition coefficient (Wildman–Crippen LogP) is 7.51. The molecule has 2 saturated heterocycles. The Labute approximate surface area is 326 Å². The molecule has 0 bridgehead atoms. The lowest BCUT2D eigenvalue weighted by atomic mass is 9.75. The number of sulfonamides is 1. The van der Waals surface area contributed by atoms with Gasteiger partial charge in [0.15, 0.2) is 0 Å². The first-order chi connectivity index (χ1) is 26.1. The number of carbonyl (C=O) groups excluding carboxylic acids is 2. The van der Waals surface area contributed by atoms with Gasteiger partial charge in [-0.15, -0.1) is 0 Å². The number of aromatic nitrogens is 1. The Balaban J connectivity index is 1.45. The van der Waals surface area contributed by atoms with Crippen LogP contribution in [0.3, 0.4) is 0 Å². The Morgan fingerprint density at radius 3 is 2.38 bits per heavy atom. The number of nitrogens with zero attached hydrogens (tertiary/aromatic N) is 6. The van der Waals surface area contributed by atoms with Crippen molar-refractivity contribution in [1.29, 1.82) is 0 Å². The van der Waals surface area contributed by atoms with E-state index in [4.69, 9.17) is 25.8 Å². The molecular formula is C39H48ClFN6O7S. The van der Waals surface area contributed by atoms with Gasteiger partial charge in [0.05, 0.1) is 18.2 Å². The Bertz CT molecular complexity index is 1970. The van der Waals surface area contributed by atoms with E-state index in [1.807, 2.05) is 12.1 Å². The molecule has 0 radical (unpaired) electrons. The van der Waals surface area contributed by atoms with Gasteiger partial charge in [-0.1, -0.05) is 28.8 Å². The van der Waals surface area contributed by atoms with Crippen molar-refractivity contribution in [1.82, 2.24) is 14.2 Å². The summed E-state index contributed by atoms with van der Waals surface area (Å²) in [7, 11) is -2.62. The van der Waals surface area contributed by atoms with Gasteiger partial charge >= 0.3 is 6.09 Å². The largest absolute Gasteiger partial charge is 0.497 e. The second kappa shape index (κ2) is 18.1. The molecular weight excluding hydrogens is 751 g/mol. The Kier molecular flexibility index (Phi) is 13.8. The van der Waals surface area contributed by atoms with Gasteiger partial charge in [-0.25, -0.2) is 17.6 Å². The minimum absolute atomic E-state index is 0.0115. The molecule has 0 N–H and O–H groups in total. The number of benzene rings is 2. The van der Waals surface area contributed by atoms with Crippen molar-refractivity contribution in [3.05, 3.63) is 98.9 Å². The molecule has 5 rings (SSSR count). The molecule has 1 aromatic heterocycles. The van der Waals surface area contributed by atoms with Crippen LogP contribution in [0.25, 0.3) is 10.4 Å². The number of ether oxygens (including phenoxy) is 3.